The van der Waals surface area contributed by atoms with Crippen LogP contribution in [0.25, 0.3) is 0 Å². The van der Waals surface area contributed by atoms with Crippen LogP contribution in [0, 0.1) is 6.92 Å². The van der Waals surface area contributed by atoms with Gasteiger partial charge in [0.2, 0.25) is 5.13 Å². The molecule has 1 aliphatic rings. The van der Waals surface area contributed by atoms with Gasteiger partial charge in [0.25, 0.3) is 11.8 Å². The average Bonchev–Trinajstić information content (AvgIpc) is 3.05. The Morgan fingerprint density at radius 2 is 1.85 bits per heavy atom. The smallest absolute Gasteiger partial charge is 0.260 e. The molecule has 1 fully saturated rings. The highest BCUT2D eigenvalue weighted by Crippen LogP contribution is 2.23. The minimum Gasteiger partial charge on any atom is -0.484 e. The summed E-state index contributed by atoms with van der Waals surface area (Å²) in [6, 6.07) is 7.21. The van der Waals surface area contributed by atoms with Crippen molar-refractivity contribution in [2.45, 2.75) is 52.1 Å². The number of carbonyl (C=O) groups excluding carboxylic acids is 2. The van der Waals surface area contributed by atoms with E-state index in [1.54, 1.807) is 24.3 Å². The summed E-state index contributed by atoms with van der Waals surface area (Å²) in [5.41, 5.74) is 0.486. The molecule has 7 nitrogen and oxygen atoms in total. The molecule has 2 aromatic rings. The van der Waals surface area contributed by atoms with Crippen LogP contribution in [0.2, 0.25) is 0 Å². The molecule has 1 N–H and O–H groups in total. The number of amides is 2. The van der Waals surface area contributed by atoms with Gasteiger partial charge in [0.05, 0.1) is 0 Å². The van der Waals surface area contributed by atoms with E-state index in [-0.39, 0.29) is 30.5 Å². The lowest BCUT2D eigenvalue weighted by atomic mass is 9.97. The quantitative estimate of drug-likeness (QED) is 0.850. The van der Waals surface area contributed by atoms with Crippen LogP contribution in [0.4, 0.5) is 5.13 Å². The van der Waals surface area contributed by atoms with E-state index in [4.69, 9.17) is 4.74 Å². The number of nitrogens with one attached hydrogen (secondary N) is 1. The number of likely N-dealkylation sites (tertiary alicyclic amines) is 1. The number of benzene rings is 1. The van der Waals surface area contributed by atoms with E-state index in [9.17, 15) is 9.59 Å². The van der Waals surface area contributed by atoms with Crippen molar-refractivity contribution in [2.24, 2.45) is 0 Å². The maximum atomic E-state index is 12.5. The maximum absolute atomic E-state index is 12.5. The van der Waals surface area contributed by atoms with Crippen LogP contribution < -0.4 is 10.1 Å². The number of aromatic nitrogens is 2. The van der Waals surface area contributed by atoms with Crippen LogP contribution >= 0.6 is 11.3 Å². The van der Waals surface area contributed by atoms with Gasteiger partial charge in [-0.3, -0.25) is 14.9 Å². The molecule has 0 aliphatic carbocycles. The first-order valence-corrected chi connectivity index (χ1v) is 9.91. The third-order valence-corrected chi connectivity index (χ3v) is 5.46. The first-order chi connectivity index (χ1) is 12.9. The highest BCUT2D eigenvalue weighted by atomic mass is 32.1. The number of aryl methyl sites for hydroxylation is 1. The lowest BCUT2D eigenvalue weighted by molar-refractivity contribution is -0.139. The van der Waals surface area contributed by atoms with Gasteiger partial charge in [-0.25, -0.2) is 0 Å². The van der Waals surface area contributed by atoms with Gasteiger partial charge in [0, 0.05) is 17.6 Å². The summed E-state index contributed by atoms with van der Waals surface area (Å²) in [7, 11) is 0. The van der Waals surface area contributed by atoms with Crippen molar-refractivity contribution in [1.82, 2.24) is 15.1 Å². The van der Waals surface area contributed by atoms with Gasteiger partial charge in [-0.05, 0) is 64.3 Å². The van der Waals surface area contributed by atoms with E-state index in [1.165, 1.54) is 11.3 Å². The lowest BCUT2D eigenvalue weighted by Gasteiger charge is -2.38. The van der Waals surface area contributed by atoms with Gasteiger partial charge < -0.3 is 9.64 Å². The molecule has 2 amide bonds. The van der Waals surface area contributed by atoms with Crippen molar-refractivity contribution in [2.75, 3.05) is 11.9 Å². The number of ether oxygens (including phenoxy) is 1. The normalized spacial score (nSPS) is 19.6. The zero-order valence-electron chi connectivity index (χ0n) is 15.8. The molecule has 2 heterocycles. The van der Waals surface area contributed by atoms with Crippen LogP contribution in [0.3, 0.4) is 0 Å². The number of hydrogen-bond acceptors (Lipinski definition) is 6. The van der Waals surface area contributed by atoms with Crippen LogP contribution in [0.5, 0.6) is 5.75 Å². The largest absolute Gasteiger partial charge is 0.484 e. The van der Waals surface area contributed by atoms with Gasteiger partial charge in [-0.15, -0.1) is 10.2 Å². The fourth-order valence-corrected chi connectivity index (χ4v) is 3.94. The molecular weight excluding hydrogens is 364 g/mol. The van der Waals surface area contributed by atoms with E-state index in [1.807, 2.05) is 11.8 Å². The van der Waals surface area contributed by atoms with Gasteiger partial charge >= 0.3 is 0 Å². The number of nitrogens with zero attached hydrogens (tertiary/aromatic N) is 3. The molecule has 8 heteroatoms. The van der Waals surface area contributed by atoms with Crippen molar-refractivity contribution < 1.29 is 14.3 Å². The summed E-state index contributed by atoms with van der Waals surface area (Å²) in [5.74, 6) is 0.303. The lowest BCUT2D eigenvalue weighted by Crippen LogP contribution is -2.49. The third-order valence-electron chi connectivity index (χ3n) is 4.71. The number of piperidine rings is 1. The number of hydrogen-bond donors (Lipinski definition) is 1. The monoisotopic (exact) mass is 388 g/mol. The summed E-state index contributed by atoms with van der Waals surface area (Å²) in [4.78, 5) is 26.6. The van der Waals surface area contributed by atoms with Crippen molar-refractivity contribution in [3.63, 3.8) is 0 Å². The number of rotatable bonds is 5. The molecule has 1 aliphatic heterocycles. The third kappa shape index (κ3) is 4.82. The van der Waals surface area contributed by atoms with Crippen molar-refractivity contribution in [1.29, 1.82) is 0 Å². The molecule has 1 aromatic heterocycles. The Kier molecular flexibility index (Phi) is 6.05. The summed E-state index contributed by atoms with van der Waals surface area (Å²) in [5, 5.41) is 11.7. The zero-order valence-corrected chi connectivity index (χ0v) is 16.6. The van der Waals surface area contributed by atoms with Gasteiger partial charge in [-0.2, -0.15) is 0 Å². The fourth-order valence-electron chi connectivity index (χ4n) is 3.35. The topological polar surface area (TPSA) is 84.4 Å². The Bertz CT molecular complexity index is 796. The van der Waals surface area contributed by atoms with Crippen LogP contribution in [-0.4, -0.2) is 45.6 Å². The molecule has 2 unspecified atom stereocenters. The van der Waals surface area contributed by atoms with Gasteiger partial charge in [0.15, 0.2) is 6.61 Å². The number of carbonyl (C=O) groups is 2. The standard InChI is InChI=1S/C19H24N4O3S/c1-12-5-4-6-13(2)23(12)17(24)11-26-16-9-7-15(8-10-16)18(25)20-19-22-21-14(3)27-19/h7-10,12-13H,4-6,11H2,1-3H3,(H,20,22,25). The summed E-state index contributed by atoms with van der Waals surface area (Å²) >= 11 is 1.32. The maximum Gasteiger partial charge on any atom is 0.260 e. The Balaban J connectivity index is 1.54. The minimum absolute atomic E-state index is 0.00293. The Morgan fingerprint density at radius 1 is 1.19 bits per heavy atom. The van der Waals surface area contributed by atoms with E-state index < -0.39 is 0 Å². The molecule has 1 saturated heterocycles. The highest BCUT2D eigenvalue weighted by molar-refractivity contribution is 7.15. The minimum atomic E-state index is -0.259. The summed E-state index contributed by atoms with van der Waals surface area (Å²) in [6.07, 6.45) is 3.23. The Hall–Kier alpha value is -2.48. The molecule has 0 bridgehead atoms. The van der Waals surface area contributed by atoms with Crippen molar-refractivity contribution in [3.05, 3.63) is 34.8 Å². The van der Waals surface area contributed by atoms with Crippen LogP contribution in [-0.2, 0) is 4.79 Å². The van der Waals surface area contributed by atoms with Crippen molar-refractivity contribution >= 4 is 28.3 Å². The molecule has 0 radical (unpaired) electrons. The first-order valence-electron chi connectivity index (χ1n) is 9.09. The second-order valence-electron chi connectivity index (χ2n) is 6.82. The molecule has 2 atom stereocenters. The van der Waals surface area contributed by atoms with Gasteiger partial charge in [-0.1, -0.05) is 11.3 Å². The SMILES string of the molecule is Cc1nnc(NC(=O)c2ccc(OCC(=O)N3C(C)CCCC3C)cc2)s1. The summed E-state index contributed by atoms with van der Waals surface area (Å²) < 4.78 is 5.63. The molecular formula is C19H24N4O3S. The Labute approximate surface area is 162 Å². The molecule has 0 saturated carbocycles. The predicted octanol–water partition coefficient (Wildman–Crippen LogP) is 3.27. The first kappa shape index (κ1) is 19.3. The summed E-state index contributed by atoms with van der Waals surface area (Å²) in [6.45, 7) is 6.00. The van der Waals surface area contributed by atoms with E-state index >= 15 is 0 Å². The molecule has 144 valence electrons. The van der Waals surface area contributed by atoms with Crippen molar-refractivity contribution in [3.8, 4) is 5.75 Å². The van der Waals surface area contributed by atoms with Crippen LogP contribution in [0.15, 0.2) is 24.3 Å². The molecule has 3 rings (SSSR count). The van der Waals surface area contributed by atoms with E-state index in [0.29, 0.717) is 16.4 Å². The number of anilines is 1. The van der Waals surface area contributed by atoms with Gasteiger partial charge in [0.1, 0.15) is 10.8 Å². The highest BCUT2D eigenvalue weighted by Gasteiger charge is 2.28. The second-order valence-corrected chi connectivity index (χ2v) is 8.01. The second kappa shape index (κ2) is 8.47. The van der Waals surface area contributed by atoms with E-state index in [0.717, 1.165) is 24.3 Å². The fraction of sp³-hybridized carbons (Fsp3) is 0.474. The molecule has 27 heavy (non-hydrogen) atoms. The molecule has 1 aromatic carbocycles. The van der Waals surface area contributed by atoms with E-state index in [2.05, 4.69) is 29.4 Å². The van der Waals surface area contributed by atoms with Crippen LogP contribution in [0.1, 0.15) is 48.5 Å². The molecule has 0 spiro atoms. The zero-order chi connectivity index (χ0) is 19.4. The average molecular weight is 388 g/mol. The predicted molar refractivity (Wildman–Crippen MR) is 104 cm³/mol. The Morgan fingerprint density at radius 3 is 2.44 bits per heavy atom.